The highest BCUT2D eigenvalue weighted by Gasteiger charge is 2.35. The quantitative estimate of drug-likeness (QED) is 0.724. The van der Waals surface area contributed by atoms with Gasteiger partial charge in [0.25, 0.3) is 5.91 Å². The molecule has 3 fully saturated rings. The molecule has 2 saturated heterocycles. The summed E-state index contributed by atoms with van der Waals surface area (Å²) in [5.74, 6) is -0.0660. The molecular formula is C22H35N5O3. The number of aryl methyl sites for hydroxylation is 2. The van der Waals surface area contributed by atoms with Crippen LogP contribution in [-0.2, 0) is 23.0 Å². The topological polar surface area (TPSA) is 79.7 Å². The van der Waals surface area contributed by atoms with E-state index >= 15 is 0 Å². The van der Waals surface area contributed by atoms with Crippen LogP contribution in [-0.4, -0.2) is 82.4 Å². The summed E-state index contributed by atoms with van der Waals surface area (Å²) in [6.45, 7) is 5.33. The lowest BCUT2D eigenvalue weighted by Gasteiger charge is -2.45. The number of ether oxygens (including phenoxy) is 1. The lowest BCUT2D eigenvalue weighted by Crippen LogP contribution is -2.57. The molecule has 1 saturated carbocycles. The maximum absolute atomic E-state index is 12.6. The second kappa shape index (κ2) is 9.47. The van der Waals surface area contributed by atoms with Crippen LogP contribution < -0.4 is 5.32 Å². The van der Waals surface area contributed by atoms with Gasteiger partial charge in [0.1, 0.15) is 12.3 Å². The summed E-state index contributed by atoms with van der Waals surface area (Å²) >= 11 is 0. The number of nitrogens with zero attached hydrogens (tertiary/aromatic N) is 4. The largest absolute Gasteiger partial charge is 0.365 e. The van der Waals surface area contributed by atoms with Crippen LogP contribution in [0.2, 0.25) is 0 Å². The average Bonchev–Trinajstić information content (AvgIpc) is 3.07. The second-order valence-corrected chi connectivity index (χ2v) is 8.94. The number of morpholine rings is 1. The van der Waals surface area contributed by atoms with Crippen molar-refractivity contribution in [2.24, 2.45) is 7.05 Å². The maximum Gasteiger partial charge on any atom is 0.269 e. The molecule has 2 amide bonds. The molecule has 1 aromatic heterocycles. The molecule has 3 heterocycles. The number of aromatic nitrogens is 2. The molecule has 1 atom stereocenters. The van der Waals surface area contributed by atoms with Crippen LogP contribution >= 0.6 is 0 Å². The van der Waals surface area contributed by atoms with Gasteiger partial charge in [-0.1, -0.05) is 19.8 Å². The van der Waals surface area contributed by atoms with Gasteiger partial charge in [0.2, 0.25) is 5.91 Å². The minimum atomic E-state index is -0.167. The molecule has 1 N–H and O–H groups in total. The zero-order valence-electron chi connectivity index (χ0n) is 18.3. The van der Waals surface area contributed by atoms with Crippen molar-refractivity contribution >= 4 is 11.8 Å². The predicted octanol–water partition coefficient (Wildman–Crippen LogP) is 1.35. The van der Waals surface area contributed by atoms with Gasteiger partial charge in [-0.15, -0.1) is 0 Å². The Morgan fingerprint density at radius 2 is 2.00 bits per heavy atom. The van der Waals surface area contributed by atoms with E-state index in [2.05, 4.69) is 22.2 Å². The molecule has 2 aliphatic heterocycles. The van der Waals surface area contributed by atoms with Crippen molar-refractivity contribution in [3.05, 3.63) is 17.5 Å². The molecule has 8 nitrogen and oxygen atoms in total. The van der Waals surface area contributed by atoms with E-state index in [1.165, 1.54) is 19.3 Å². The van der Waals surface area contributed by atoms with Crippen LogP contribution in [0.1, 0.15) is 61.6 Å². The van der Waals surface area contributed by atoms with Gasteiger partial charge in [0.05, 0.1) is 11.8 Å². The van der Waals surface area contributed by atoms with Crippen LogP contribution in [0.3, 0.4) is 0 Å². The highest BCUT2D eigenvalue weighted by Crippen LogP contribution is 2.29. The maximum atomic E-state index is 12.6. The monoisotopic (exact) mass is 417 g/mol. The number of hydrogen-bond acceptors (Lipinski definition) is 5. The Labute approximate surface area is 178 Å². The summed E-state index contributed by atoms with van der Waals surface area (Å²) in [5.41, 5.74) is 1.50. The molecule has 0 bridgehead atoms. The highest BCUT2D eigenvalue weighted by molar-refractivity contribution is 5.92. The summed E-state index contributed by atoms with van der Waals surface area (Å²) in [7, 11) is 1.79. The molecule has 166 valence electrons. The molecule has 8 heteroatoms. The minimum Gasteiger partial charge on any atom is -0.365 e. The third kappa shape index (κ3) is 4.70. The van der Waals surface area contributed by atoms with E-state index in [4.69, 9.17) is 4.74 Å². The number of hydrogen-bond donors (Lipinski definition) is 1. The minimum absolute atomic E-state index is 0.0792. The zero-order chi connectivity index (χ0) is 21.1. The van der Waals surface area contributed by atoms with Gasteiger partial charge >= 0.3 is 0 Å². The standard InChI is InChI=1S/C22H35N5O3/c1-3-5-16-12-20(25(2)24-16)22(29)23-13-19-14-27(21(28)15-30-19)18-8-10-26(11-9-18)17-6-4-7-17/h12,17-19H,3-11,13-15H2,1-2H3,(H,23,29)/t19-/m1/s1. The summed E-state index contributed by atoms with van der Waals surface area (Å²) in [6, 6.07) is 2.93. The van der Waals surface area contributed by atoms with Gasteiger partial charge < -0.3 is 19.9 Å². The molecule has 3 aliphatic rings. The highest BCUT2D eigenvalue weighted by atomic mass is 16.5. The smallest absolute Gasteiger partial charge is 0.269 e. The second-order valence-electron chi connectivity index (χ2n) is 8.94. The molecule has 4 rings (SSSR count). The fourth-order valence-corrected chi connectivity index (χ4v) is 4.85. The van der Waals surface area contributed by atoms with Crippen LogP contribution in [0.4, 0.5) is 0 Å². The van der Waals surface area contributed by atoms with Crippen LogP contribution in [0.25, 0.3) is 0 Å². The summed E-state index contributed by atoms with van der Waals surface area (Å²) in [5, 5.41) is 7.37. The van der Waals surface area contributed by atoms with E-state index in [0.29, 0.717) is 24.8 Å². The zero-order valence-corrected chi connectivity index (χ0v) is 18.3. The van der Waals surface area contributed by atoms with Crippen molar-refractivity contribution in [3.8, 4) is 0 Å². The Morgan fingerprint density at radius 3 is 2.67 bits per heavy atom. The third-order valence-corrected chi connectivity index (χ3v) is 6.85. The average molecular weight is 418 g/mol. The van der Waals surface area contributed by atoms with Gasteiger partial charge in [0.15, 0.2) is 0 Å². The van der Waals surface area contributed by atoms with E-state index < -0.39 is 0 Å². The van der Waals surface area contributed by atoms with Crippen LogP contribution in [0.5, 0.6) is 0 Å². The van der Waals surface area contributed by atoms with E-state index in [1.807, 2.05) is 11.0 Å². The summed E-state index contributed by atoms with van der Waals surface area (Å²) in [4.78, 5) is 29.7. The lowest BCUT2D eigenvalue weighted by atomic mass is 9.89. The van der Waals surface area contributed by atoms with E-state index in [1.54, 1.807) is 11.7 Å². The number of piperidine rings is 1. The van der Waals surface area contributed by atoms with Crippen molar-refractivity contribution < 1.29 is 14.3 Å². The SMILES string of the molecule is CCCc1cc(C(=O)NC[C@@H]2CN(C3CCN(C4CCC4)CC3)C(=O)CO2)n(C)n1. The number of likely N-dealkylation sites (tertiary alicyclic amines) is 1. The van der Waals surface area contributed by atoms with Gasteiger partial charge in [-0.25, -0.2) is 0 Å². The molecule has 0 aromatic carbocycles. The number of carbonyl (C=O) groups excluding carboxylic acids is 2. The van der Waals surface area contributed by atoms with Crippen molar-refractivity contribution in [2.75, 3.05) is 32.8 Å². The third-order valence-electron chi connectivity index (χ3n) is 6.85. The lowest BCUT2D eigenvalue weighted by molar-refractivity contribution is -0.153. The van der Waals surface area contributed by atoms with Gasteiger partial charge in [-0.05, 0) is 38.2 Å². The number of amides is 2. The van der Waals surface area contributed by atoms with Crippen molar-refractivity contribution in [3.63, 3.8) is 0 Å². The van der Waals surface area contributed by atoms with E-state index in [0.717, 1.165) is 50.5 Å². The van der Waals surface area contributed by atoms with Gasteiger partial charge in [0, 0.05) is 45.3 Å². The Bertz CT molecular complexity index is 752. The fraction of sp³-hybridized carbons (Fsp3) is 0.773. The molecule has 1 aromatic rings. The number of rotatable bonds is 7. The normalized spacial score (nSPS) is 24.1. The molecule has 0 unspecified atom stereocenters. The Balaban J connectivity index is 1.27. The van der Waals surface area contributed by atoms with E-state index in [9.17, 15) is 9.59 Å². The Kier molecular flexibility index (Phi) is 6.73. The number of nitrogens with one attached hydrogen (secondary N) is 1. The first-order valence-corrected chi connectivity index (χ1v) is 11.5. The Morgan fingerprint density at radius 1 is 1.23 bits per heavy atom. The number of carbonyl (C=O) groups is 2. The molecule has 0 radical (unpaired) electrons. The van der Waals surface area contributed by atoms with Crippen molar-refractivity contribution in [1.29, 1.82) is 0 Å². The Hall–Kier alpha value is -1.93. The first-order valence-electron chi connectivity index (χ1n) is 11.5. The molecule has 1 aliphatic carbocycles. The first-order chi connectivity index (χ1) is 14.5. The molecular weight excluding hydrogens is 382 g/mol. The van der Waals surface area contributed by atoms with Gasteiger partial charge in [-0.2, -0.15) is 5.10 Å². The van der Waals surface area contributed by atoms with Crippen LogP contribution in [0, 0.1) is 0 Å². The van der Waals surface area contributed by atoms with Gasteiger partial charge in [-0.3, -0.25) is 14.3 Å². The van der Waals surface area contributed by atoms with Crippen LogP contribution in [0.15, 0.2) is 6.07 Å². The van der Waals surface area contributed by atoms with Crippen molar-refractivity contribution in [1.82, 2.24) is 24.9 Å². The van der Waals surface area contributed by atoms with Crippen molar-refractivity contribution in [2.45, 2.75) is 70.1 Å². The van der Waals surface area contributed by atoms with E-state index in [-0.39, 0.29) is 24.5 Å². The fourth-order valence-electron chi connectivity index (χ4n) is 4.85. The molecule has 30 heavy (non-hydrogen) atoms. The summed E-state index contributed by atoms with van der Waals surface area (Å²) < 4.78 is 7.35. The molecule has 0 spiro atoms. The first kappa shape index (κ1) is 21.3. The summed E-state index contributed by atoms with van der Waals surface area (Å²) in [6.07, 6.45) is 7.80. The predicted molar refractivity (Wildman–Crippen MR) is 113 cm³/mol.